The molecule has 1 saturated heterocycles. The van der Waals surface area contributed by atoms with Crippen molar-refractivity contribution >= 4 is 40.8 Å². The Morgan fingerprint density at radius 1 is 1.43 bits per heavy atom. The number of nitrogens with zero attached hydrogens (tertiary/aromatic N) is 3. The summed E-state index contributed by atoms with van der Waals surface area (Å²) in [6, 6.07) is 2.06. The summed E-state index contributed by atoms with van der Waals surface area (Å²) in [6.07, 6.45) is 3.37. The van der Waals surface area contributed by atoms with Gasteiger partial charge in [0, 0.05) is 24.1 Å². The summed E-state index contributed by atoms with van der Waals surface area (Å²) < 4.78 is 10.1. The number of hydrogen-bond acceptors (Lipinski definition) is 8. The van der Waals surface area contributed by atoms with E-state index in [-0.39, 0.29) is 18.5 Å². The first kappa shape index (κ1) is 21.0. The standard InChI is InChI=1S/C20H23ClN4O4S/c1-20(2)17-12(18(27)25(20)10-15(26)28-3)8-14(30-17)16-13(21)9-22-19(24-16)23-11-4-6-29-7-5-11/h8-9,11H,4-7,10H2,1-3H3,(H,22,23,24). The lowest BCUT2D eigenvalue weighted by atomic mass is 10.0. The lowest BCUT2D eigenvalue weighted by Gasteiger charge is -2.31. The fourth-order valence-electron chi connectivity index (χ4n) is 3.74. The molecule has 0 bridgehead atoms. The predicted octanol–water partition coefficient (Wildman–Crippen LogP) is 3.31. The summed E-state index contributed by atoms with van der Waals surface area (Å²) in [6.45, 7) is 5.18. The summed E-state index contributed by atoms with van der Waals surface area (Å²) >= 11 is 7.85. The maximum Gasteiger partial charge on any atom is 0.325 e. The highest BCUT2D eigenvalue weighted by molar-refractivity contribution is 7.16. The molecule has 0 radical (unpaired) electrons. The average Bonchev–Trinajstić information content (AvgIpc) is 3.25. The summed E-state index contributed by atoms with van der Waals surface area (Å²) in [5.41, 5.74) is 0.521. The first-order valence-corrected chi connectivity index (χ1v) is 10.9. The van der Waals surface area contributed by atoms with E-state index in [2.05, 4.69) is 15.3 Å². The lowest BCUT2D eigenvalue weighted by Crippen LogP contribution is -2.42. The predicted molar refractivity (Wildman–Crippen MR) is 114 cm³/mol. The second-order valence-corrected chi connectivity index (χ2v) is 9.26. The van der Waals surface area contributed by atoms with Crippen molar-refractivity contribution in [3.8, 4) is 10.6 Å². The van der Waals surface area contributed by atoms with Crippen LogP contribution in [0.5, 0.6) is 0 Å². The van der Waals surface area contributed by atoms with E-state index in [1.807, 2.05) is 13.8 Å². The fourth-order valence-corrected chi connectivity index (χ4v) is 5.25. The summed E-state index contributed by atoms with van der Waals surface area (Å²) in [5.74, 6) is -0.143. The van der Waals surface area contributed by atoms with Crippen LogP contribution in [0.1, 0.15) is 41.9 Å². The van der Waals surface area contributed by atoms with Gasteiger partial charge in [0.25, 0.3) is 5.91 Å². The number of hydrogen-bond donors (Lipinski definition) is 1. The zero-order valence-corrected chi connectivity index (χ0v) is 18.6. The molecule has 0 atom stereocenters. The van der Waals surface area contributed by atoms with Crippen molar-refractivity contribution in [2.45, 2.75) is 38.3 Å². The molecule has 1 fully saturated rings. The van der Waals surface area contributed by atoms with Gasteiger partial charge in [0.1, 0.15) is 12.2 Å². The quantitative estimate of drug-likeness (QED) is 0.698. The highest BCUT2D eigenvalue weighted by Crippen LogP contribution is 2.46. The number of fused-ring (bicyclic) bond motifs is 1. The van der Waals surface area contributed by atoms with E-state index in [4.69, 9.17) is 21.1 Å². The van der Waals surface area contributed by atoms with Gasteiger partial charge in [-0.1, -0.05) is 11.6 Å². The van der Waals surface area contributed by atoms with E-state index in [0.29, 0.717) is 22.2 Å². The van der Waals surface area contributed by atoms with Crippen LogP contribution < -0.4 is 5.32 Å². The monoisotopic (exact) mass is 450 g/mol. The Balaban J connectivity index is 1.62. The molecule has 160 valence electrons. The first-order chi connectivity index (χ1) is 14.3. The number of rotatable bonds is 5. The van der Waals surface area contributed by atoms with E-state index in [9.17, 15) is 9.59 Å². The topological polar surface area (TPSA) is 93.7 Å². The molecule has 0 unspecified atom stereocenters. The smallest absolute Gasteiger partial charge is 0.325 e. The number of anilines is 1. The van der Waals surface area contributed by atoms with Crippen molar-refractivity contribution in [2.24, 2.45) is 0 Å². The Morgan fingerprint density at radius 3 is 2.83 bits per heavy atom. The van der Waals surface area contributed by atoms with Crippen LogP contribution in [0.25, 0.3) is 10.6 Å². The molecule has 4 heterocycles. The Kier molecular flexibility index (Phi) is 5.69. The van der Waals surface area contributed by atoms with Crippen LogP contribution in [-0.4, -0.2) is 59.7 Å². The van der Waals surface area contributed by atoms with Crippen molar-refractivity contribution in [3.05, 3.63) is 27.7 Å². The number of carbonyl (C=O) groups excluding carboxylic acids is 2. The summed E-state index contributed by atoms with van der Waals surface area (Å²) in [7, 11) is 1.31. The molecule has 2 aromatic heterocycles. The van der Waals surface area contributed by atoms with Crippen molar-refractivity contribution in [1.82, 2.24) is 14.9 Å². The third-order valence-corrected chi connectivity index (χ3v) is 7.22. The van der Waals surface area contributed by atoms with Crippen molar-refractivity contribution in [3.63, 3.8) is 0 Å². The number of esters is 1. The molecule has 10 heteroatoms. The minimum atomic E-state index is -0.633. The number of ether oxygens (including phenoxy) is 2. The Labute approximate surface area is 183 Å². The minimum absolute atomic E-state index is 0.0908. The highest BCUT2D eigenvalue weighted by atomic mass is 35.5. The van der Waals surface area contributed by atoms with Crippen LogP contribution in [0, 0.1) is 0 Å². The van der Waals surface area contributed by atoms with Crippen LogP contribution in [0.4, 0.5) is 5.95 Å². The van der Waals surface area contributed by atoms with Crippen molar-refractivity contribution in [2.75, 3.05) is 32.2 Å². The Bertz CT molecular complexity index is 987. The summed E-state index contributed by atoms with van der Waals surface area (Å²) in [4.78, 5) is 36.8. The van der Waals surface area contributed by atoms with Gasteiger partial charge in [0.2, 0.25) is 5.95 Å². The second-order valence-electron chi connectivity index (χ2n) is 7.80. The zero-order valence-electron chi connectivity index (χ0n) is 17.0. The molecule has 0 aliphatic carbocycles. The van der Waals surface area contributed by atoms with E-state index >= 15 is 0 Å². The third kappa shape index (κ3) is 3.77. The molecular weight excluding hydrogens is 428 g/mol. The molecular formula is C20H23ClN4O4S. The number of carbonyl (C=O) groups is 2. The molecule has 1 N–H and O–H groups in total. The van der Waals surface area contributed by atoms with Gasteiger partial charge in [-0.05, 0) is 32.8 Å². The second kappa shape index (κ2) is 8.13. The van der Waals surface area contributed by atoms with Crippen LogP contribution in [0.15, 0.2) is 12.3 Å². The molecule has 4 rings (SSSR count). The van der Waals surface area contributed by atoms with E-state index in [0.717, 1.165) is 35.8 Å². The van der Waals surface area contributed by atoms with E-state index < -0.39 is 11.5 Å². The van der Waals surface area contributed by atoms with Crippen LogP contribution in [-0.2, 0) is 19.8 Å². The van der Waals surface area contributed by atoms with Gasteiger partial charge in [-0.25, -0.2) is 9.97 Å². The number of nitrogens with one attached hydrogen (secondary N) is 1. The van der Waals surface area contributed by atoms with E-state index in [1.165, 1.54) is 23.3 Å². The summed E-state index contributed by atoms with van der Waals surface area (Å²) in [5, 5.41) is 3.77. The van der Waals surface area contributed by atoms with Crippen molar-refractivity contribution < 1.29 is 19.1 Å². The van der Waals surface area contributed by atoms with Gasteiger partial charge in [0.15, 0.2) is 0 Å². The van der Waals surface area contributed by atoms with E-state index in [1.54, 1.807) is 12.3 Å². The Morgan fingerprint density at radius 2 is 2.17 bits per heavy atom. The van der Waals surface area contributed by atoms with Crippen LogP contribution in [0.3, 0.4) is 0 Å². The number of aromatic nitrogens is 2. The van der Waals surface area contributed by atoms with Gasteiger partial charge < -0.3 is 19.7 Å². The van der Waals surface area contributed by atoms with Gasteiger partial charge in [-0.15, -0.1) is 11.3 Å². The van der Waals surface area contributed by atoms with Crippen LogP contribution in [0.2, 0.25) is 5.02 Å². The van der Waals surface area contributed by atoms with Gasteiger partial charge in [0.05, 0.1) is 34.3 Å². The minimum Gasteiger partial charge on any atom is -0.468 e. The molecule has 1 amide bonds. The molecule has 0 spiro atoms. The maximum absolute atomic E-state index is 13.0. The molecule has 0 saturated carbocycles. The third-order valence-electron chi connectivity index (χ3n) is 5.49. The average molecular weight is 451 g/mol. The highest BCUT2D eigenvalue weighted by Gasteiger charge is 2.46. The normalized spacial score (nSPS) is 18.4. The molecule has 30 heavy (non-hydrogen) atoms. The molecule has 8 nitrogen and oxygen atoms in total. The lowest BCUT2D eigenvalue weighted by molar-refractivity contribution is -0.142. The van der Waals surface area contributed by atoms with Crippen LogP contribution >= 0.6 is 22.9 Å². The van der Waals surface area contributed by atoms with Crippen molar-refractivity contribution in [1.29, 1.82) is 0 Å². The molecule has 2 aliphatic rings. The number of halogens is 1. The molecule has 2 aromatic rings. The Hall–Kier alpha value is -2.23. The molecule has 0 aromatic carbocycles. The SMILES string of the molecule is COC(=O)CN1C(=O)c2cc(-c3nc(NC4CCOCC4)ncc3Cl)sc2C1(C)C. The maximum atomic E-state index is 13.0. The number of methoxy groups -OCH3 is 1. The first-order valence-electron chi connectivity index (χ1n) is 9.71. The molecule has 2 aliphatic heterocycles. The number of amides is 1. The van der Waals surface area contributed by atoms with Gasteiger partial charge in [-0.2, -0.15) is 0 Å². The largest absolute Gasteiger partial charge is 0.468 e. The van der Waals surface area contributed by atoms with Gasteiger partial charge >= 0.3 is 5.97 Å². The van der Waals surface area contributed by atoms with Gasteiger partial charge in [-0.3, -0.25) is 9.59 Å². The zero-order chi connectivity index (χ0) is 21.5. The fraction of sp³-hybridized carbons (Fsp3) is 0.500. The number of thiophene rings is 1.